The van der Waals surface area contributed by atoms with Crippen molar-refractivity contribution in [1.29, 1.82) is 0 Å². The van der Waals surface area contributed by atoms with Crippen LogP contribution in [-0.2, 0) is 7.05 Å². The average molecular weight is 429 g/mol. The summed E-state index contributed by atoms with van der Waals surface area (Å²) in [6.07, 6.45) is 4.18. The summed E-state index contributed by atoms with van der Waals surface area (Å²) in [6, 6.07) is 12.4. The number of H-pyrrole nitrogens is 1. The molecule has 5 rings (SSSR count). The second-order valence-electron chi connectivity index (χ2n) is 8.81. The van der Waals surface area contributed by atoms with Crippen molar-refractivity contribution in [2.45, 2.75) is 32.7 Å². The van der Waals surface area contributed by atoms with Crippen LogP contribution in [0.15, 0.2) is 47.4 Å². The van der Waals surface area contributed by atoms with Crippen molar-refractivity contribution in [2.24, 2.45) is 7.05 Å². The van der Waals surface area contributed by atoms with Crippen LogP contribution in [0, 0.1) is 13.8 Å². The van der Waals surface area contributed by atoms with E-state index in [4.69, 9.17) is 0 Å². The van der Waals surface area contributed by atoms with Gasteiger partial charge in [-0.15, -0.1) is 0 Å². The molecule has 7 nitrogen and oxygen atoms in total. The number of likely N-dealkylation sites (tertiary alicyclic amines) is 1. The maximum absolute atomic E-state index is 13.2. The molecule has 0 amide bonds. The van der Waals surface area contributed by atoms with Crippen LogP contribution in [-0.4, -0.2) is 38.2 Å². The summed E-state index contributed by atoms with van der Waals surface area (Å²) in [7, 11) is 3.97. The fourth-order valence-electron chi connectivity index (χ4n) is 4.67. The molecule has 0 bridgehead atoms. The Morgan fingerprint density at radius 3 is 2.72 bits per heavy atom. The van der Waals surface area contributed by atoms with Crippen molar-refractivity contribution in [2.75, 3.05) is 18.9 Å². The first-order chi connectivity index (χ1) is 15.4. The number of benzene rings is 1. The third-order valence-corrected chi connectivity index (χ3v) is 6.52. The molecule has 0 spiro atoms. The summed E-state index contributed by atoms with van der Waals surface area (Å²) < 4.78 is 1.71. The quantitative estimate of drug-likeness (QED) is 0.502. The highest BCUT2D eigenvalue weighted by molar-refractivity contribution is 5.85. The number of nitrogens with one attached hydrogen (secondary N) is 2. The summed E-state index contributed by atoms with van der Waals surface area (Å²) in [6.45, 7) is 5.07. The summed E-state index contributed by atoms with van der Waals surface area (Å²) in [5.41, 5.74) is 6.41. The zero-order valence-corrected chi connectivity index (χ0v) is 18.9. The topological polar surface area (TPSA) is 78.8 Å². The second-order valence-corrected chi connectivity index (χ2v) is 8.81. The zero-order chi connectivity index (χ0) is 22.4. The lowest BCUT2D eigenvalue weighted by Crippen LogP contribution is -2.19. The molecule has 0 aliphatic carbocycles. The largest absolute Gasteiger partial charge is 0.339 e. The Kier molecular flexibility index (Phi) is 5.06. The van der Waals surface area contributed by atoms with Crippen LogP contribution in [0.4, 0.5) is 11.5 Å². The van der Waals surface area contributed by atoms with Crippen LogP contribution in [0.5, 0.6) is 0 Å². The molecule has 3 aromatic heterocycles. The average Bonchev–Trinajstić information content (AvgIpc) is 3.41. The first-order valence-corrected chi connectivity index (χ1v) is 11.0. The highest BCUT2D eigenvalue weighted by atomic mass is 16.1. The molecule has 1 unspecified atom stereocenters. The van der Waals surface area contributed by atoms with Gasteiger partial charge in [0, 0.05) is 41.6 Å². The molecule has 0 radical (unpaired) electrons. The van der Waals surface area contributed by atoms with Gasteiger partial charge in [0.05, 0.1) is 17.3 Å². The van der Waals surface area contributed by atoms with Crippen molar-refractivity contribution in [1.82, 2.24) is 24.6 Å². The van der Waals surface area contributed by atoms with Gasteiger partial charge in [-0.25, -0.2) is 0 Å². The Bertz CT molecular complexity index is 1370. The highest BCUT2D eigenvalue weighted by Gasteiger charge is 2.24. The van der Waals surface area contributed by atoms with E-state index in [1.165, 1.54) is 6.42 Å². The molecule has 7 heteroatoms. The lowest BCUT2D eigenvalue weighted by molar-refractivity contribution is 0.311. The Hall–Kier alpha value is -3.45. The first kappa shape index (κ1) is 20.5. The molecular formula is C25H28N6O. The van der Waals surface area contributed by atoms with Gasteiger partial charge < -0.3 is 9.88 Å². The van der Waals surface area contributed by atoms with E-state index in [1.807, 2.05) is 57.4 Å². The number of nitrogens with zero attached hydrogens (tertiary/aromatic N) is 4. The van der Waals surface area contributed by atoms with Gasteiger partial charge in [-0.1, -0.05) is 6.07 Å². The molecule has 4 aromatic rings. The van der Waals surface area contributed by atoms with Gasteiger partial charge in [0.15, 0.2) is 5.82 Å². The predicted molar refractivity (Wildman–Crippen MR) is 128 cm³/mol. The van der Waals surface area contributed by atoms with Crippen molar-refractivity contribution < 1.29 is 0 Å². The van der Waals surface area contributed by atoms with Gasteiger partial charge in [0.1, 0.15) is 0 Å². The fourth-order valence-corrected chi connectivity index (χ4v) is 4.67. The maximum atomic E-state index is 13.2. The van der Waals surface area contributed by atoms with Crippen molar-refractivity contribution in [3.8, 4) is 11.1 Å². The predicted octanol–water partition coefficient (Wildman–Crippen LogP) is 4.45. The van der Waals surface area contributed by atoms with E-state index in [2.05, 4.69) is 38.5 Å². The molecule has 4 heterocycles. The number of anilines is 2. The SMILES string of the molecule is Cc1cc2c(cn1)cc(-c1cc(Nc3cc(C4CCCN4C)[nH]n3)ccc1C)c(=O)n2C. The van der Waals surface area contributed by atoms with Crippen molar-refractivity contribution in [3.63, 3.8) is 0 Å². The number of aromatic amines is 1. The van der Waals surface area contributed by atoms with E-state index in [0.29, 0.717) is 11.6 Å². The summed E-state index contributed by atoms with van der Waals surface area (Å²) in [5, 5.41) is 12.0. The van der Waals surface area contributed by atoms with Gasteiger partial charge >= 0.3 is 0 Å². The third-order valence-electron chi connectivity index (χ3n) is 6.52. The van der Waals surface area contributed by atoms with E-state index in [0.717, 1.165) is 57.9 Å². The molecule has 1 aliphatic rings. The van der Waals surface area contributed by atoms with Crippen LogP contribution in [0.1, 0.15) is 35.8 Å². The highest BCUT2D eigenvalue weighted by Crippen LogP contribution is 2.32. The van der Waals surface area contributed by atoms with Crippen molar-refractivity contribution in [3.05, 3.63) is 69.9 Å². The van der Waals surface area contributed by atoms with E-state index < -0.39 is 0 Å². The fraction of sp³-hybridized carbons (Fsp3) is 0.320. The molecule has 0 saturated carbocycles. The Morgan fingerprint density at radius 1 is 1.09 bits per heavy atom. The monoisotopic (exact) mass is 428 g/mol. The van der Waals surface area contributed by atoms with E-state index in [9.17, 15) is 4.79 Å². The number of hydrogen-bond acceptors (Lipinski definition) is 5. The minimum atomic E-state index is -0.0188. The number of aryl methyl sites for hydroxylation is 3. The minimum Gasteiger partial charge on any atom is -0.339 e. The van der Waals surface area contributed by atoms with Crippen LogP contribution in [0.3, 0.4) is 0 Å². The standard InChI is InChI=1S/C25H28N6O/c1-15-7-8-18(27-24-13-21(28-29-24)22-6-5-9-30(22)3)12-19(15)20-11-17-14-26-16(2)10-23(17)31(4)25(20)32/h7-8,10-14,22H,5-6,9H2,1-4H3,(H2,27,28,29). The first-order valence-electron chi connectivity index (χ1n) is 11.0. The number of rotatable bonds is 4. The second kappa shape index (κ2) is 7.91. The van der Waals surface area contributed by atoms with Crippen LogP contribution < -0.4 is 10.9 Å². The van der Waals surface area contributed by atoms with E-state index >= 15 is 0 Å². The summed E-state index contributed by atoms with van der Waals surface area (Å²) in [5.74, 6) is 0.779. The lowest BCUT2D eigenvalue weighted by atomic mass is 9.99. The van der Waals surface area contributed by atoms with Crippen LogP contribution >= 0.6 is 0 Å². The third kappa shape index (κ3) is 3.58. The van der Waals surface area contributed by atoms with E-state index in [-0.39, 0.29) is 5.56 Å². The van der Waals surface area contributed by atoms with Crippen LogP contribution in [0.25, 0.3) is 22.0 Å². The number of hydrogen-bond donors (Lipinski definition) is 2. The molecule has 1 aliphatic heterocycles. The van der Waals surface area contributed by atoms with Gasteiger partial charge in [0.2, 0.25) is 0 Å². The summed E-state index contributed by atoms with van der Waals surface area (Å²) in [4.78, 5) is 20.0. The number of pyridine rings is 2. The molecule has 2 N–H and O–H groups in total. The Balaban J connectivity index is 1.50. The molecule has 1 fully saturated rings. The van der Waals surface area contributed by atoms with Gasteiger partial charge in [-0.3, -0.25) is 19.8 Å². The maximum Gasteiger partial charge on any atom is 0.258 e. The Labute approximate surface area is 187 Å². The summed E-state index contributed by atoms with van der Waals surface area (Å²) >= 11 is 0. The van der Waals surface area contributed by atoms with Gasteiger partial charge in [-0.2, -0.15) is 5.10 Å². The smallest absolute Gasteiger partial charge is 0.258 e. The number of aromatic nitrogens is 4. The van der Waals surface area contributed by atoms with Crippen molar-refractivity contribution >= 4 is 22.4 Å². The molecule has 1 atom stereocenters. The Morgan fingerprint density at radius 2 is 1.94 bits per heavy atom. The lowest BCUT2D eigenvalue weighted by Gasteiger charge is -2.17. The molecule has 1 aromatic carbocycles. The minimum absolute atomic E-state index is 0.0188. The zero-order valence-electron chi connectivity index (χ0n) is 18.9. The van der Waals surface area contributed by atoms with Gasteiger partial charge in [0.25, 0.3) is 5.56 Å². The normalized spacial score (nSPS) is 16.7. The molecular weight excluding hydrogens is 400 g/mol. The molecule has 164 valence electrons. The van der Waals surface area contributed by atoms with Gasteiger partial charge in [-0.05, 0) is 75.7 Å². The molecule has 1 saturated heterocycles. The number of fused-ring (bicyclic) bond motifs is 1. The molecule has 32 heavy (non-hydrogen) atoms. The van der Waals surface area contributed by atoms with Crippen LogP contribution in [0.2, 0.25) is 0 Å². The van der Waals surface area contributed by atoms with E-state index in [1.54, 1.807) is 4.57 Å².